The van der Waals surface area contributed by atoms with E-state index in [4.69, 9.17) is 4.74 Å². The van der Waals surface area contributed by atoms with Crippen LogP contribution in [0, 0.1) is 15.9 Å². The zero-order valence-corrected chi connectivity index (χ0v) is 16.1. The molecule has 10 heteroatoms. The maximum atomic E-state index is 13.2. The van der Waals surface area contributed by atoms with Crippen LogP contribution in [0.4, 0.5) is 21.6 Å². The van der Waals surface area contributed by atoms with Crippen molar-refractivity contribution >= 4 is 29.1 Å². The monoisotopic (exact) mass is 404 g/mol. The Kier molecular flexibility index (Phi) is 7.58. The van der Waals surface area contributed by atoms with Crippen LogP contribution >= 0.6 is 0 Å². The number of aromatic nitrogens is 1. The number of nitro groups is 1. The molecule has 0 bridgehead atoms. The topological polar surface area (TPSA) is 115 Å². The van der Waals surface area contributed by atoms with Gasteiger partial charge in [-0.3, -0.25) is 24.6 Å². The molecule has 9 nitrogen and oxygen atoms in total. The van der Waals surface area contributed by atoms with Gasteiger partial charge in [0.15, 0.2) is 0 Å². The molecular formula is C19H21FN4O5. The lowest BCUT2D eigenvalue weighted by molar-refractivity contribution is -0.384. The van der Waals surface area contributed by atoms with Crippen molar-refractivity contribution in [1.29, 1.82) is 0 Å². The summed E-state index contributed by atoms with van der Waals surface area (Å²) >= 11 is 0. The summed E-state index contributed by atoms with van der Waals surface area (Å²) in [5.74, 6) is -1.60. The van der Waals surface area contributed by atoms with Gasteiger partial charge in [-0.25, -0.2) is 9.37 Å². The van der Waals surface area contributed by atoms with Gasteiger partial charge in [-0.2, -0.15) is 0 Å². The van der Waals surface area contributed by atoms with Crippen LogP contribution in [0.25, 0.3) is 0 Å². The lowest BCUT2D eigenvalue weighted by Gasteiger charge is -2.21. The van der Waals surface area contributed by atoms with Crippen LogP contribution in [0.2, 0.25) is 0 Å². The molecule has 0 radical (unpaired) electrons. The fourth-order valence-corrected chi connectivity index (χ4v) is 2.60. The number of rotatable bonds is 9. The highest BCUT2D eigenvalue weighted by molar-refractivity contribution is 6.06. The third kappa shape index (κ3) is 5.71. The molecule has 1 aromatic heterocycles. The average Bonchev–Trinajstić information content (AvgIpc) is 2.69. The van der Waals surface area contributed by atoms with Crippen LogP contribution in [0.15, 0.2) is 36.5 Å². The van der Waals surface area contributed by atoms with E-state index in [0.717, 1.165) is 23.2 Å². The van der Waals surface area contributed by atoms with E-state index in [2.05, 4.69) is 10.3 Å². The minimum Gasteiger partial charge on any atom is -0.466 e. The number of ether oxygens (including phenoxy) is 1. The summed E-state index contributed by atoms with van der Waals surface area (Å²) in [5, 5.41) is 14.2. The summed E-state index contributed by atoms with van der Waals surface area (Å²) in [6.45, 7) is 4.03. The van der Waals surface area contributed by atoms with Gasteiger partial charge in [0.1, 0.15) is 17.3 Å². The van der Waals surface area contributed by atoms with Gasteiger partial charge in [0.05, 0.1) is 24.1 Å². The van der Waals surface area contributed by atoms with Crippen molar-refractivity contribution in [2.45, 2.75) is 20.3 Å². The molecule has 0 spiro atoms. The van der Waals surface area contributed by atoms with Crippen LogP contribution in [0.1, 0.15) is 30.6 Å². The molecule has 0 saturated carbocycles. The molecule has 1 aromatic carbocycles. The molecular weight excluding hydrogens is 383 g/mol. The van der Waals surface area contributed by atoms with Gasteiger partial charge in [-0.1, -0.05) is 0 Å². The molecule has 154 valence electrons. The standard InChI is InChI=1S/C19H21FN4O5/c1-3-21-15-7-5-13(11-16(15)24(27)28)19(26)23(10-9-18(25)29-4-2)17-8-6-14(20)12-22-17/h5-8,11-12,21H,3-4,9-10H2,1-2H3. The van der Waals surface area contributed by atoms with Crippen molar-refractivity contribution in [1.82, 2.24) is 4.98 Å². The first-order chi connectivity index (χ1) is 13.9. The first-order valence-corrected chi connectivity index (χ1v) is 8.98. The van der Waals surface area contributed by atoms with E-state index in [1.54, 1.807) is 13.8 Å². The fraction of sp³-hybridized carbons (Fsp3) is 0.316. The molecule has 0 fully saturated rings. The predicted octanol–water partition coefficient (Wildman–Crippen LogP) is 3.16. The largest absolute Gasteiger partial charge is 0.466 e. The molecule has 0 aliphatic heterocycles. The van der Waals surface area contributed by atoms with Crippen molar-refractivity contribution in [3.8, 4) is 0 Å². The third-order valence-electron chi connectivity index (χ3n) is 3.89. The van der Waals surface area contributed by atoms with E-state index in [9.17, 15) is 24.1 Å². The summed E-state index contributed by atoms with van der Waals surface area (Å²) in [6.07, 6.45) is 0.826. The number of carbonyl (C=O) groups excluding carboxylic acids is 2. The molecule has 0 aliphatic rings. The maximum absolute atomic E-state index is 13.2. The zero-order valence-electron chi connectivity index (χ0n) is 16.1. The van der Waals surface area contributed by atoms with Gasteiger partial charge in [-0.15, -0.1) is 0 Å². The van der Waals surface area contributed by atoms with Gasteiger partial charge in [0, 0.05) is 24.7 Å². The fourth-order valence-electron chi connectivity index (χ4n) is 2.60. The number of hydrogen-bond donors (Lipinski definition) is 1. The Morgan fingerprint density at radius 2 is 2.03 bits per heavy atom. The summed E-state index contributed by atoms with van der Waals surface area (Å²) in [7, 11) is 0. The molecule has 29 heavy (non-hydrogen) atoms. The summed E-state index contributed by atoms with van der Waals surface area (Å²) in [5.41, 5.74) is 0.0653. The SMILES string of the molecule is CCNc1ccc(C(=O)N(CCC(=O)OCC)c2ccc(F)cn2)cc1[N+](=O)[O-]. The molecule has 1 heterocycles. The summed E-state index contributed by atoms with van der Waals surface area (Å²) in [6, 6.07) is 6.45. The number of hydrogen-bond acceptors (Lipinski definition) is 7. The highest BCUT2D eigenvalue weighted by Crippen LogP contribution is 2.27. The minimum absolute atomic E-state index is 0.0355. The molecule has 0 unspecified atom stereocenters. The Bertz CT molecular complexity index is 889. The predicted molar refractivity (Wildman–Crippen MR) is 104 cm³/mol. The number of nitro benzene ring substituents is 1. The van der Waals surface area contributed by atoms with Gasteiger partial charge in [-0.05, 0) is 38.1 Å². The Labute approximate surface area is 166 Å². The number of anilines is 2. The number of carbonyl (C=O) groups is 2. The van der Waals surface area contributed by atoms with E-state index in [0.29, 0.717) is 6.54 Å². The number of nitrogens with zero attached hydrogens (tertiary/aromatic N) is 3. The third-order valence-corrected chi connectivity index (χ3v) is 3.89. The molecule has 2 rings (SSSR count). The second-order valence-corrected chi connectivity index (χ2v) is 5.87. The van der Waals surface area contributed by atoms with E-state index in [-0.39, 0.29) is 42.3 Å². The zero-order chi connectivity index (χ0) is 21.4. The van der Waals surface area contributed by atoms with Gasteiger partial charge in [0.2, 0.25) is 0 Å². The number of esters is 1. The lowest BCUT2D eigenvalue weighted by Crippen LogP contribution is -2.34. The van der Waals surface area contributed by atoms with Crippen molar-refractivity contribution < 1.29 is 23.6 Å². The number of halogens is 1. The Balaban J connectivity index is 2.37. The normalized spacial score (nSPS) is 10.3. The van der Waals surface area contributed by atoms with Crippen LogP contribution in [-0.2, 0) is 9.53 Å². The van der Waals surface area contributed by atoms with E-state index in [1.165, 1.54) is 18.2 Å². The molecule has 0 saturated heterocycles. The number of nitrogens with one attached hydrogen (secondary N) is 1. The van der Waals surface area contributed by atoms with Crippen LogP contribution in [0.5, 0.6) is 0 Å². The number of benzene rings is 1. The first kappa shape index (κ1) is 21.7. The van der Waals surface area contributed by atoms with Gasteiger partial charge < -0.3 is 10.1 Å². The highest BCUT2D eigenvalue weighted by Gasteiger charge is 2.24. The van der Waals surface area contributed by atoms with Crippen LogP contribution in [0.3, 0.4) is 0 Å². The lowest BCUT2D eigenvalue weighted by atomic mass is 10.1. The van der Waals surface area contributed by atoms with Crippen LogP contribution < -0.4 is 10.2 Å². The average molecular weight is 404 g/mol. The maximum Gasteiger partial charge on any atom is 0.307 e. The van der Waals surface area contributed by atoms with Gasteiger partial charge >= 0.3 is 5.97 Å². The van der Waals surface area contributed by atoms with Crippen molar-refractivity contribution in [2.75, 3.05) is 29.9 Å². The van der Waals surface area contributed by atoms with E-state index >= 15 is 0 Å². The molecule has 0 aliphatic carbocycles. The summed E-state index contributed by atoms with van der Waals surface area (Å²) < 4.78 is 18.1. The summed E-state index contributed by atoms with van der Waals surface area (Å²) in [4.78, 5) is 40.6. The number of amides is 1. The molecule has 1 N–H and O–H groups in total. The molecule has 2 aromatic rings. The van der Waals surface area contributed by atoms with Crippen molar-refractivity contribution in [2.24, 2.45) is 0 Å². The second-order valence-electron chi connectivity index (χ2n) is 5.87. The van der Waals surface area contributed by atoms with Gasteiger partial charge in [0.25, 0.3) is 11.6 Å². The smallest absolute Gasteiger partial charge is 0.307 e. The van der Waals surface area contributed by atoms with Crippen molar-refractivity contribution in [3.05, 3.63) is 58.0 Å². The highest BCUT2D eigenvalue weighted by atomic mass is 19.1. The molecule has 1 amide bonds. The molecule has 0 atom stereocenters. The van der Waals surface area contributed by atoms with Crippen molar-refractivity contribution in [3.63, 3.8) is 0 Å². The minimum atomic E-state index is -0.612. The Hall–Kier alpha value is -3.56. The Morgan fingerprint density at radius 3 is 2.62 bits per heavy atom. The van der Waals surface area contributed by atoms with E-state index < -0.39 is 22.6 Å². The Morgan fingerprint density at radius 1 is 1.28 bits per heavy atom. The quantitative estimate of drug-likeness (QED) is 0.388. The first-order valence-electron chi connectivity index (χ1n) is 8.98. The second kappa shape index (κ2) is 10.1. The van der Waals surface area contributed by atoms with Crippen LogP contribution in [-0.4, -0.2) is 41.5 Å². The number of pyridine rings is 1. The van der Waals surface area contributed by atoms with E-state index in [1.807, 2.05) is 0 Å².